The zero-order valence-corrected chi connectivity index (χ0v) is 40.6. The third kappa shape index (κ3) is 16.0. The number of pyridine rings is 2. The van der Waals surface area contributed by atoms with Gasteiger partial charge in [0.1, 0.15) is 0 Å². The van der Waals surface area contributed by atoms with Gasteiger partial charge in [-0.25, -0.2) is 0 Å². The molecule has 0 saturated heterocycles. The molecule has 2 aliphatic rings. The van der Waals surface area contributed by atoms with E-state index in [0.717, 1.165) is 36.1 Å². The summed E-state index contributed by atoms with van der Waals surface area (Å²) in [7, 11) is 0. The first kappa shape index (κ1) is 49.1. The van der Waals surface area contributed by atoms with E-state index in [1.54, 1.807) is 0 Å². The lowest BCUT2D eigenvalue weighted by Gasteiger charge is -2.40. The van der Waals surface area contributed by atoms with Gasteiger partial charge in [-0.15, -0.1) is 0 Å². The first-order chi connectivity index (χ1) is 31.1. The summed E-state index contributed by atoms with van der Waals surface area (Å²) in [6.45, 7) is 9.29. The summed E-state index contributed by atoms with van der Waals surface area (Å²) in [6.07, 6.45) is 41.2. The van der Waals surface area contributed by atoms with Gasteiger partial charge in [-0.2, -0.15) is 0 Å². The number of benzene rings is 2. The fourth-order valence-electron chi connectivity index (χ4n) is 11.2. The SMILES string of the molecule is CCCCCCCCCc1ccc(-c2ccc(C(OC(c3ccc(-c4ccc(CCCCCCCCC)cn4)cc3)C3CCC(CCC)CC3)C3CCC(CCC)CC3)cc2)nc1. The van der Waals surface area contributed by atoms with Gasteiger partial charge in [0.15, 0.2) is 0 Å². The molecule has 0 N–H and O–H groups in total. The van der Waals surface area contributed by atoms with E-state index in [0.29, 0.717) is 11.8 Å². The third-order valence-electron chi connectivity index (χ3n) is 15.2. The van der Waals surface area contributed by atoms with Crippen molar-refractivity contribution in [2.75, 3.05) is 0 Å². The maximum absolute atomic E-state index is 7.73. The van der Waals surface area contributed by atoms with Crippen molar-refractivity contribution in [2.45, 2.75) is 220 Å². The van der Waals surface area contributed by atoms with Crippen LogP contribution in [0.15, 0.2) is 85.2 Å². The molecule has 0 radical (unpaired) electrons. The standard InChI is InChI=1S/C60H88N2O/c1-5-9-11-13-15-17-19-23-49-29-43-57(61-45-49)51-35-39-55(40-36-51)59(53-31-25-47(21-7-3)26-32-53)63-60(54-33-27-48(22-8-4)28-34-54)56-41-37-52(38-42-56)58-44-30-50(46-62-58)24-20-18-16-14-12-10-6-2/h29-30,35-48,53-54,59-60H,5-28,31-34H2,1-4H3. The molecule has 4 aromatic rings. The maximum Gasteiger partial charge on any atom is 0.0861 e. The van der Waals surface area contributed by atoms with Crippen LogP contribution in [0.2, 0.25) is 0 Å². The number of aromatic nitrogens is 2. The highest BCUT2D eigenvalue weighted by atomic mass is 16.5. The van der Waals surface area contributed by atoms with E-state index in [1.807, 2.05) is 0 Å². The van der Waals surface area contributed by atoms with E-state index in [4.69, 9.17) is 14.7 Å². The maximum atomic E-state index is 7.73. The van der Waals surface area contributed by atoms with E-state index in [2.05, 4.69) is 113 Å². The minimum atomic E-state index is 0.0857. The first-order valence-corrected chi connectivity index (χ1v) is 26.8. The molecular weight excluding hydrogens is 765 g/mol. The number of hydrogen-bond donors (Lipinski definition) is 0. The molecule has 2 fully saturated rings. The van der Waals surface area contributed by atoms with E-state index >= 15 is 0 Å². The van der Waals surface area contributed by atoms with Crippen molar-refractivity contribution in [1.29, 1.82) is 0 Å². The number of nitrogens with zero attached hydrogens (tertiary/aromatic N) is 2. The first-order valence-electron chi connectivity index (χ1n) is 26.8. The van der Waals surface area contributed by atoms with Gasteiger partial charge < -0.3 is 4.74 Å². The molecule has 2 unspecified atom stereocenters. The number of ether oxygens (including phenoxy) is 1. The zero-order valence-electron chi connectivity index (χ0n) is 40.6. The number of aryl methyl sites for hydroxylation is 2. The molecule has 0 aliphatic heterocycles. The van der Waals surface area contributed by atoms with E-state index in [9.17, 15) is 0 Å². The summed E-state index contributed by atoms with van der Waals surface area (Å²) in [5, 5.41) is 0. The zero-order chi connectivity index (χ0) is 43.9. The lowest BCUT2D eigenvalue weighted by atomic mass is 9.75. The predicted molar refractivity (Wildman–Crippen MR) is 270 cm³/mol. The second-order valence-corrected chi connectivity index (χ2v) is 20.2. The smallest absolute Gasteiger partial charge is 0.0861 e. The van der Waals surface area contributed by atoms with Gasteiger partial charge in [-0.3, -0.25) is 9.97 Å². The van der Waals surface area contributed by atoms with Gasteiger partial charge in [-0.1, -0.05) is 217 Å². The van der Waals surface area contributed by atoms with Crippen LogP contribution >= 0.6 is 0 Å². The average Bonchev–Trinajstić information content (AvgIpc) is 3.33. The van der Waals surface area contributed by atoms with Crippen LogP contribution in [0.1, 0.15) is 229 Å². The molecule has 0 spiro atoms. The van der Waals surface area contributed by atoms with Crippen LogP contribution in [-0.2, 0) is 17.6 Å². The second-order valence-electron chi connectivity index (χ2n) is 20.2. The molecule has 2 saturated carbocycles. The summed E-state index contributed by atoms with van der Waals surface area (Å²) in [6, 6.07) is 27.9. The molecular formula is C60H88N2O. The van der Waals surface area contributed by atoms with E-state index < -0.39 is 0 Å². The quantitative estimate of drug-likeness (QED) is 0.0534. The van der Waals surface area contributed by atoms with Gasteiger partial charge in [0.2, 0.25) is 0 Å². The molecule has 2 aromatic heterocycles. The monoisotopic (exact) mass is 853 g/mol. The largest absolute Gasteiger partial charge is 0.365 e. The Labute approximate surface area is 386 Å². The Morgan fingerprint density at radius 1 is 0.413 bits per heavy atom. The Kier molecular flexibility index (Phi) is 21.8. The average molecular weight is 853 g/mol. The highest BCUT2D eigenvalue weighted by Crippen LogP contribution is 2.47. The van der Waals surface area contributed by atoms with Crippen molar-refractivity contribution in [2.24, 2.45) is 23.7 Å². The van der Waals surface area contributed by atoms with Crippen LogP contribution in [0.25, 0.3) is 22.5 Å². The summed E-state index contributed by atoms with van der Waals surface area (Å²) in [4.78, 5) is 9.94. The number of hydrogen-bond acceptors (Lipinski definition) is 3. The van der Waals surface area contributed by atoms with Crippen molar-refractivity contribution in [3.63, 3.8) is 0 Å². The molecule has 344 valence electrons. The molecule has 2 aromatic carbocycles. The van der Waals surface area contributed by atoms with Crippen molar-refractivity contribution in [3.05, 3.63) is 107 Å². The van der Waals surface area contributed by atoms with Gasteiger partial charge >= 0.3 is 0 Å². The molecule has 3 nitrogen and oxygen atoms in total. The Morgan fingerprint density at radius 3 is 1.11 bits per heavy atom. The Balaban J connectivity index is 1.16. The highest BCUT2D eigenvalue weighted by Gasteiger charge is 2.36. The Hall–Kier alpha value is -3.30. The summed E-state index contributed by atoms with van der Waals surface area (Å²) < 4.78 is 7.73. The molecule has 0 amide bonds. The third-order valence-corrected chi connectivity index (χ3v) is 15.2. The fourth-order valence-corrected chi connectivity index (χ4v) is 11.2. The Morgan fingerprint density at radius 2 is 0.778 bits per heavy atom. The molecule has 2 heterocycles. The molecule has 63 heavy (non-hydrogen) atoms. The van der Waals surface area contributed by atoms with Crippen LogP contribution in [-0.4, -0.2) is 9.97 Å². The van der Waals surface area contributed by atoms with Crippen molar-refractivity contribution >= 4 is 0 Å². The van der Waals surface area contributed by atoms with Crippen LogP contribution in [0.3, 0.4) is 0 Å². The van der Waals surface area contributed by atoms with Crippen molar-refractivity contribution in [1.82, 2.24) is 9.97 Å². The Bertz CT molecular complexity index is 1630. The highest BCUT2D eigenvalue weighted by molar-refractivity contribution is 5.60. The van der Waals surface area contributed by atoms with Crippen LogP contribution < -0.4 is 0 Å². The molecule has 2 aliphatic carbocycles. The predicted octanol–water partition coefficient (Wildman–Crippen LogP) is 18.4. The summed E-state index contributed by atoms with van der Waals surface area (Å²) in [5.41, 5.74) is 9.96. The fraction of sp³-hybridized carbons (Fsp3) is 0.633. The summed E-state index contributed by atoms with van der Waals surface area (Å²) in [5.74, 6) is 2.81. The van der Waals surface area contributed by atoms with Gasteiger partial charge in [-0.05, 0) is 109 Å². The topological polar surface area (TPSA) is 35.0 Å². The van der Waals surface area contributed by atoms with Crippen LogP contribution in [0.4, 0.5) is 0 Å². The van der Waals surface area contributed by atoms with Crippen LogP contribution in [0.5, 0.6) is 0 Å². The minimum Gasteiger partial charge on any atom is -0.365 e. The minimum absolute atomic E-state index is 0.0857. The summed E-state index contributed by atoms with van der Waals surface area (Å²) >= 11 is 0. The van der Waals surface area contributed by atoms with E-state index in [1.165, 1.54) is 200 Å². The normalized spacial score (nSPS) is 20.1. The molecule has 0 bridgehead atoms. The lowest BCUT2D eigenvalue weighted by molar-refractivity contribution is -0.0907. The molecule has 3 heteroatoms. The van der Waals surface area contributed by atoms with Gasteiger partial charge in [0.25, 0.3) is 0 Å². The van der Waals surface area contributed by atoms with Gasteiger partial charge in [0, 0.05) is 23.5 Å². The second kappa shape index (κ2) is 27.9. The number of rotatable bonds is 28. The van der Waals surface area contributed by atoms with E-state index in [-0.39, 0.29) is 12.2 Å². The molecule has 6 rings (SSSR count). The number of unbranched alkanes of at least 4 members (excludes halogenated alkanes) is 12. The van der Waals surface area contributed by atoms with Gasteiger partial charge in [0.05, 0.1) is 23.6 Å². The molecule has 2 atom stereocenters. The lowest BCUT2D eigenvalue weighted by Crippen LogP contribution is -2.28. The van der Waals surface area contributed by atoms with Crippen molar-refractivity contribution in [3.8, 4) is 22.5 Å². The van der Waals surface area contributed by atoms with Crippen molar-refractivity contribution < 1.29 is 4.74 Å². The van der Waals surface area contributed by atoms with Crippen LogP contribution in [0, 0.1) is 23.7 Å².